The fraction of sp³-hybridized carbons (Fsp3) is 0. The highest BCUT2D eigenvalue weighted by atomic mass is 35.5. The summed E-state index contributed by atoms with van der Waals surface area (Å²) in [5.41, 5.74) is 1.90. The predicted octanol–water partition coefficient (Wildman–Crippen LogP) is 4.35. The second kappa shape index (κ2) is 4.17. The van der Waals surface area contributed by atoms with E-state index in [2.05, 4.69) is 24.5 Å². The minimum absolute atomic E-state index is 0.506. The molecule has 3 heteroatoms. The minimum atomic E-state index is 0.506. The average molecular weight is 236 g/mol. The molecule has 1 aliphatic heterocycles. The van der Waals surface area contributed by atoms with Gasteiger partial charge in [0.15, 0.2) is 0 Å². The number of para-hydroxylation sites is 1. The smallest absolute Gasteiger partial charge is 0.0709 e. The van der Waals surface area contributed by atoms with E-state index in [1.807, 2.05) is 18.2 Å². The second-order valence-corrected chi connectivity index (χ2v) is 4.61. The Morgan fingerprint density at radius 2 is 2.13 bits per heavy atom. The van der Waals surface area contributed by atoms with Gasteiger partial charge in [-0.1, -0.05) is 54.7 Å². The van der Waals surface area contributed by atoms with Crippen molar-refractivity contribution < 1.29 is 0 Å². The molecule has 0 saturated heterocycles. The zero-order chi connectivity index (χ0) is 10.8. The summed E-state index contributed by atoms with van der Waals surface area (Å²) in [4.78, 5) is 2.18. The maximum Gasteiger partial charge on any atom is 0.0709 e. The van der Waals surface area contributed by atoms with Crippen LogP contribution < -0.4 is 5.32 Å². The first-order valence-corrected chi connectivity index (χ1v) is 5.67. The number of halogens is 1. The van der Waals surface area contributed by atoms with Crippen LogP contribution in [0.25, 0.3) is 0 Å². The topological polar surface area (TPSA) is 12.0 Å². The van der Waals surface area contributed by atoms with Gasteiger partial charge in [0.05, 0.1) is 16.4 Å². The molecule has 15 heavy (non-hydrogen) atoms. The molecule has 0 atom stereocenters. The van der Waals surface area contributed by atoms with Gasteiger partial charge in [0.2, 0.25) is 0 Å². The van der Waals surface area contributed by atoms with Crippen molar-refractivity contribution in [3.63, 3.8) is 0 Å². The molecular formula is C12H10ClNS. The fourth-order valence-corrected chi connectivity index (χ4v) is 2.55. The quantitative estimate of drug-likeness (QED) is 0.818. The first kappa shape index (κ1) is 10.4. The number of thioether (sulfide) groups is 1. The van der Waals surface area contributed by atoms with Crippen molar-refractivity contribution in [2.75, 3.05) is 5.32 Å². The molecule has 1 nitrogen and oxygen atoms in total. The highest BCUT2D eigenvalue weighted by Crippen LogP contribution is 2.41. The Hall–Kier alpha value is -1.12. The number of benzene rings is 1. The molecule has 1 heterocycles. The van der Waals surface area contributed by atoms with E-state index in [0.717, 1.165) is 16.3 Å². The molecule has 0 bridgehead atoms. The van der Waals surface area contributed by atoms with Crippen LogP contribution in [-0.2, 0) is 0 Å². The molecule has 0 saturated carbocycles. The second-order valence-electron chi connectivity index (χ2n) is 3.07. The van der Waals surface area contributed by atoms with Crippen LogP contribution in [0.3, 0.4) is 0 Å². The summed E-state index contributed by atoms with van der Waals surface area (Å²) in [7, 11) is 0. The third-order valence-corrected chi connectivity index (χ3v) is 3.43. The van der Waals surface area contributed by atoms with Gasteiger partial charge in [0.25, 0.3) is 0 Å². The molecule has 0 aromatic heterocycles. The van der Waals surface area contributed by atoms with E-state index in [4.69, 9.17) is 11.6 Å². The normalized spacial score (nSPS) is 14.2. The van der Waals surface area contributed by atoms with Gasteiger partial charge in [0.1, 0.15) is 0 Å². The van der Waals surface area contributed by atoms with Crippen LogP contribution in [0.2, 0.25) is 0 Å². The van der Waals surface area contributed by atoms with E-state index in [1.54, 1.807) is 17.8 Å². The number of fused-ring (bicyclic) bond motifs is 1. The third kappa shape index (κ3) is 1.96. The van der Waals surface area contributed by atoms with Gasteiger partial charge in [-0.05, 0) is 12.1 Å². The van der Waals surface area contributed by atoms with Crippen LogP contribution in [0.5, 0.6) is 0 Å². The Balaban J connectivity index is 2.46. The average Bonchev–Trinajstić information content (AvgIpc) is 2.27. The first-order valence-electron chi connectivity index (χ1n) is 4.48. The summed E-state index contributed by atoms with van der Waals surface area (Å²) < 4.78 is 0. The van der Waals surface area contributed by atoms with Gasteiger partial charge in [-0.15, -0.1) is 0 Å². The van der Waals surface area contributed by atoms with Crippen molar-refractivity contribution in [2.45, 2.75) is 4.90 Å². The van der Waals surface area contributed by atoms with Crippen LogP contribution in [0, 0.1) is 0 Å². The SMILES string of the molecule is C=CC1=C(C(=C)Cl)Nc2ccccc2S1. The number of nitrogens with one attached hydrogen (secondary N) is 1. The van der Waals surface area contributed by atoms with E-state index in [-0.39, 0.29) is 0 Å². The zero-order valence-electron chi connectivity index (χ0n) is 8.09. The number of anilines is 1. The van der Waals surface area contributed by atoms with Crippen LogP contribution >= 0.6 is 23.4 Å². The summed E-state index contributed by atoms with van der Waals surface area (Å²) in [5.74, 6) is 0. The Bertz CT molecular complexity index is 462. The predicted molar refractivity (Wildman–Crippen MR) is 68.1 cm³/mol. The molecule has 2 rings (SSSR count). The van der Waals surface area contributed by atoms with E-state index < -0.39 is 0 Å². The molecule has 1 N–H and O–H groups in total. The van der Waals surface area contributed by atoms with Crippen LogP contribution in [0.1, 0.15) is 0 Å². The molecular weight excluding hydrogens is 226 g/mol. The summed E-state index contributed by atoms with van der Waals surface area (Å²) in [6.45, 7) is 7.51. The van der Waals surface area contributed by atoms with Crippen molar-refractivity contribution >= 4 is 29.1 Å². The Morgan fingerprint density at radius 3 is 2.80 bits per heavy atom. The monoisotopic (exact) mass is 235 g/mol. The lowest BCUT2D eigenvalue weighted by atomic mass is 10.2. The molecule has 1 aliphatic rings. The zero-order valence-corrected chi connectivity index (χ0v) is 9.66. The molecule has 0 fully saturated rings. The van der Waals surface area contributed by atoms with Gasteiger partial charge in [0, 0.05) is 9.80 Å². The molecule has 1 aromatic carbocycles. The molecule has 0 amide bonds. The molecule has 0 spiro atoms. The van der Waals surface area contributed by atoms with Gasteiger partial charge in [-0.2, -0.15) is 0 Å². The molecule has 1 aromatic rings. The maximum atomic E-state index is 5.92. The maximum absolute atomic E-state index is 5.92. The Labute approximate surface area is 98.5 Å². The number of hydrogen-bond donors (Lipinski definition) is 1. The summed E-state index contributed by atoms with van der Waals surface area (Å²) >= 11 is 7.57. The number of rotatable bonds is 2. The first-order chi connectivity index (χ1) is 7.22. The standard InChI is InChI=1S/C12H10ClNS/c1-3-10-12(8(2)13)14-9-6-4-5-7-11(9)15-10/h3-7,14H,1-2H2. The highest BCUT2D eigenvalue weighted by molar-refractivity contribution is 8.03. The number of hydrogen-bond acceptors (Lipinski definition) is 2. The van der Waals surface area contributed by atoms with Crippen molar-refractivity contribution in [1.82, 2.24) is 0 Å². The molecule has 0 unspecified atom stereocenters. The van der Waals surface area contributed by atoms with Gasteiger partial charge >= 0.3 is 0 Å². The van der Waals surface area contributed by atoms with Crippen molar-refractivity contribution in [3.05, 3.63) is 59.1 Å². The fourth-order valence-electron chi connectivity index (χ4n) is 1.37. The van der Waals surface area contributed by atoms with Gasteiger partial charge < -0.3 is 5.32 Å². The Kier molecular flexibility index (Phi) is 2.89. The lowest BCUT2D eigenvalue weighted by Gasteiger charge is -2.21. The largest absolute Gasteiger partial charge is 0.352 e. The lowest BCUT2D eigenvalue weighted by molar-refractivity contribution is 1.34. The van der Waals surface area contributed by atoms with Crippen molar-refractivity contribution in [3.8, 4) is 0 Å². The van der Waals surface area contributed by atoms with Gasteiger partial charge in [-0.25, -0.2) is 0 Å². The summed E-state index contributed by atoms with van der Waals surface area (Å²) in [5, 5.41) is 3.76. The van der Waals surface area contributed by atoms with E-state index in [0.29, 0.717) is 5.03 Å². The Morgan fingerprint density at radius 1 is 1.40 bits per heavy atom. The van der Waals surface area contributed by atoms with Gasteiger partial charge in [-0.3, -0.25) is 0 Å². The molecule has 0 radical (unpaired) electrons. The third-order valence-electron chi connectivity index (χ3n) is 2.07. The van der Waals surface area contributed by atoms with E-state index in [1.165, 1.54) is 4.90 Å². The summed E-state index contributed by atoms with van der Waals surface area (Å²) in [6, 6.07) is 8.07. The summed E-state index contributed by atoms with van der Waals surface area (Å²) in [6.07, 6.45) is 1.79. The van der Waals surface area contributed by atoms with Crippen molar-refractivity contribution in [1.29, 1.82) is 0 Å². The van der Waals surface area contributed by atoms with Crippen LogP contribution in [0.4, 0.5) is 5.69 Å². The minimum Gasteiger partial charge on any atom is -0.352 e. The van der Waals surface area contributed by atoms with Crippen molar-refractivity contribution in [2.24, 2.45) is 0 Å². The highest BCUT2D eigenvalue weighted by Gasteiger charge is 2.16. The van der Waals surface area contributed by atoms with E-state index >= 15 is 0 Å². The van der Waals surface area contributed by atoms with Crippen LogP contribution in [-0.4, -0.2) is 0 Å². The molecule has 0 aliphatic carbocycles. The van der Waals surface area contributed by atoms with Crippen LogP contribution in [0.15, 0.2) is 64.0 Å². The lowest BCUT2D eigenvalue weighted by Crippen LogP contribution is -2.06. The molecule has 76 valence electrons. The number of allylic oxidation sites excluding steroid dienone is 2. The van der Waals surface area contributed by atoms with E-state index in [9.17, 15) is 0 Å².